The van der Waals surface area contributed by atoms with Gasteiger partial charge in [-0.3, -0.25) is 4.79 Å². The number of ether oxygens (including phenoxy) is 1. The molecular weight excluding hydrogens is 260 g/mol. The Hall–Kier alpha value is -1.30. The number of carboxylic acids is 1. The molecule has 0 aliphatic carbocycles. The topological polar surface area (TPSA) is 78.9 Å². The Kier molecular flexibility index (Phi) is 6.26. The van der Waals surface area contributed by atoms with Crippen molar-refractivity contribution in [1.82, 2.24) is 10.2 Å². The fraction of sp³-hybridized carbons (Fsp3) is 0.857. The molecule has 0 spiro atoms. The van der Waals surface area contributed by atoms with Crippen LogP contribution in [0.5, 0.6) is 0 Å². The van der Waals surface area contributed by atoms with Gasteiger partial charge in [0.1, 0.15) is 0 Å². The Morgan fingerprint density at radius 2 is 1.85 bits per heavy atom. The summed E-state index contributed by atoms with van der Waals surface area (Å²) in [5.74, 6) is -1.10. The fourth-order valence-corrected chi connectivity index (χ4v) is 2.51. The van der Waals surface area contributed by atoms with Gasteiger partial charge in [-0.2, -0.15) is 0 Å². The number of morpholine rings is 1. The first kappa shape index (κ1) is 16.8. The molecule has 6 nitrogen and oxygen atoms in total. The number of hydrogen-bond donors (Lipinski definition) is 2. The zero-order chi connectivity index (χ0) is 15.3. The monoisotopic (exact) mass is 286 g/mol. The number of urea groups is 1. The van der Waals surface area contributed by atoms with Gasteiger partial charge in [0.25, 0.3) is 0 Å². The normalized spacial score (nSPS) is 24.6. The van der Waals surface area contributed by atoms with Gasteiger partial charge in [-0.1, -0.05) is 13.8 Å². The Labute approximate surface area is 120 Å². The molecule has 1 aliphatic heterocycles. The highest BCUT2D eigenvalue weighted by Gasteiger charge is 2.27. The molecule has 2 amide bonds. The van der Waals surface area contributed by atoms with Gasteiger partial charge in [0.15, 0.2) is 0 Å². The van der Waals surface area contributed by atoms with Crippen molar-refractivity contribution in [3.05, 3.63) is 0 Å². The van der Waals surface area contributed by atoms with Crippen molar-refractivity contribution in [2.75, 3.05) is 19.6 Å². The predicted molar refractivity (Wildman–Crippen MR) is 75.6 cm³/mol. The van der Waals surface area contributed by atoms with Crippen molar-refractivity contribution in [2.24, 2.45) is 11.8 Å². The number of amides is 2. The van der Waals surface area contributed by atoms with Gasteiger partial charge in [0.2, 0.25) is 0 Å². The van der Waals surface area contributed by atoms with E-state index in [1.807, 2.05) is 27.7 Å². The Morgan fingerprint density at radius 3 is 2.30 bits per heavy atom. The van der Waals surface area contributed by atoms with Crippen LogP contribution >= 0.6 is 0 Å². The van der Waals surface area contributed by atoms with Crippen molar-refractivity contribution in [1.29, 1.82) is 0 Å². The van der Waals surface area contributed by atoms with Crippen LogP contribution in [0.25, 0.3) is 0 Å². The molecule has 0 aromatic heterocycles. The van der Waals surface area contributed by atoms with E-state index < -0.39 is 11.9 Å². The lowest BCUT2D eigenvalue weighted by atomic mass is 9.97. The van der Waals surface area contributed by atoms with Crippen LogP contribution in [0.3, 0.4) is 0 Å². The molecule has 0 bridgehead atoms. The summed E-state index contributed by atoms with van der Waals surface area (Å²) in [6.07, 6.45) is 0.580. The molecule has 2 N–H and O–H groups in total. The Balaban J connectivity index is 2.46. The number of hydrogen-bond acceptors (Lipinski definition) is 3. The summed E-state index contributed by atoms with van der Waals surface area (Å²) in [4.78, 5) is 24.9. The molecule has 0 radical (unpaired) electrons. The van der Waals surface area contributed by atoms with E-state index in [4.69, 9.17) is 9.84 Å². The molecule has 20 heavy (non-hydrogen) atoms. The molecule has 1 fully saturated rings. The van der Waals surface area contributed by atoms with Crippen LogP contribution < -0.4 is 5.32 Å². The minimum atomic E-state index is -0.859. The quantitative estimate of drug-likeness (QED) is 0.803. The highest BCUT2D eigenvalue weighted by Crippen LogP contribution is 2.13. The molecule has 116 valence electrons. The van der Waals surface area contributed by atoms with E-state index in [2.05, 4.69) is 5.32 Å². The van der Waals surface area contributed by atoms with Crippen molar-refractivity contribution in [3.8, 4) is 0 Å². The largest absolute Gasteiger partial charge is 0.481 e. The molecule has 6 heteroatoms. The molecule has 0 aromatic carbocycles. The predicted octanol–water partition coefficient (Wildman–Crippen LogP) is 1.55. The molecule has 1 rings (SSSR count). The lowest BCUT2D eigenvalue weighted by molar-refractivity contribution is -0.142. The number of rotatable bonds is 5. The van der Waals surface area contributed by atoms with Crippen LogP contribution in [-0.2, 0) is 9.53 Å². The third kappa shape index (κ3) is 5.36. The van der Waals surface area contributed by atoms with E-state index in [9.17, 15) is 9.59 Å². The van der Waals surface area contributed by atoms with E-state index in [-0.39, 0.29) is 30.7 Å². The molecule has 1 saturated heterocycles. The number of nitrogens with one attached hydrogen (secondary N) is 1. The summed E-state index contributed by atoms with van der Waals surface area (Å²) in [5, 5.41) is 11.9. The van der Waals surface area contributed by atoms with Crippen molar-refractivity contribution in [3.63, 3.8) is 0 Å². The van der Waals surface area contributed by atoms with Crippen LogP contribution in [0.4, 0.5) is 4.79 Å². The Morgan fingerprint density at radius 1 is 1.30 bits per heavy atom. The lowest BCUT2D eigenvalue weighted by Gasteiger charge is -2.35. The van der Waals surface area contributed by atoms with Crippen LogP contribution in [0.15, 0.2) is 0 Å². The summed E-state index contributed by atoms with van der Waals surface area (Å²) in [6, 6.07) is -0.206. The van der Waals surface area contributed by atoms with E-state index in [0.29, 0.717) is 19.5 Å². The smallest absolute Gasteiger partial charge is 0.317 e. The average Bonchev–Trinajstić information content (AvgIpc) is 2.32. The van der Waals surface area contributed by atoms with Gasteiger partial charge in [0, 0.05) is 19.6 Å². The number of carbonyl (C=O) groups excluding carboxylic acids is 1. The van der Waals surface area contributed by atoms with Crippen molar-refractivity contribution in [2.45, 2.75) is 46.3 Å². The van der Waals surface area contributed by atoms with Gasteiger partial charge >= 0.3 is 12.0 Å². The fourth-order valence-electron chi connectivity index (χ4n) is 2.51. The summed E-state index contributed by atoms with van der Waals surface area (Å²) in [7, 11) is 0. The average molecular weight is 286 g/mol. The zero-order valence-electron chi connectivity index (χ0n) is 12.8. The zero-order valence-corrected chi connectivity index (χ0v) is 12.8. The maximum atomic E-state index is 12.1. The first-order valence-corrected chi connectivity index (χ1v) is 7.20. The second-order valence-electron chi connectivity index (χ2n) is 6.01. The number of nitrogens with zero attached hydrogens (tertiary/aromatic N) is 1. The Bertz CT molecular complexity index is 336. The highest BCUT2D eigenvalue weighted by atomic mass is 16.5. The summed E-state index contributed by atoms with van der Waals surface area (Å²) in [5.41, 5.74) is 0. The van der Waals surface area contributed by atoms with Crippen LogP contribution in [-0.4, -0.2) is 53.8 Å². The molecule has 1 heterocycles. The van der Waals surface area contributed by atoms with Crippen LogP contribution in [0.1, 0.15) is 34.1 Å². The second kappa shape index (κ2) is 7.47. The van der Waals surface area contributed by atoms with E-state index in [1.165, 1.54) is 0 Å². The van der Waals surface area contributed by atoms with Gasteiger partial charge in [-0.25, -0.2) is 4.79 Å². The van der Waals surface area contributed by atoms with Crippen LogP contribution in [0.2, 0.25) is 0 Å². The van der Waals surface area contributed by atoms with Gasteiger partial charge < -0.3 is 20.1 Å². The third-order valence-corrected chi connectivity index (χ3v) is 3.31. The summed E-state index contributed by atoms with van der Waals surface area (Å²) < 4.78 is 5.57. The minimum Gasteiger partial charge on any atom is -0.481 e. The maximum absolute atomic E-state index is 12.1. The summed E-state index contributed by atoms with van der Waals surface area (Å²) in [6.45, 7) is 9.05. The highest BCUT2D eigenvalue weighted by molar-refractivity contribution is 5.76. The maximum Gasteiger partial charge on any atom is 0.317 e. The van der Waals surface area contributed by atoms with Crippen LogP contribution in [0, 0.1) is 11.8 Å². The molecule has 0 saturated carbocycles. The minimum absolute atomic E-state index is 0.00966. The van der Waals surface area contributed by atoms with Gasteiger partial charge in [-0.15, -0.1) is 0 Å². The number of carbonyl (C=O) groups is 2. The third-order valence-electron chi connectivity index (χ3n) is 3.31. The number of carboxylic acid groups (broad SMARTS) is 1. The van der Waals surface area contributed by atoms with Crippen molar-refractivity contribution < 1.29 is 19.4 Å². The van der Waals surface area contributed by atoms with Crippen molar-refractivity contribution >= 4 is 12.0 Å². The first-order chi connectivity index (χ1) is 9.29. The first-order valence-electron chi connectivity index (χ1n) is 7.20. The van der Waals surface area contributed by atoms with E-state index in [1.54, 1.807) is 4.90 Å². The van der Waals surface area contributed by atoms with E-state index in [0.717, 1.165) is 0 Å². The SMILES string of the molecule is CC(C)CC(CNC(=O)N1C[C@@H](C)O[C@@H](C)C1)C(=O)O. The standard InChI is InChI=1S/C14H26N2O4/c1-9(2)5-12(13(17)18)6-15-14(19)16-7-10(3)20-11(4)8-16/h9-12H,5-8H2,1-4H3,(H,15,19)(H,17,18)/t10-,11+,12?. The molecular formula is C14H26N2O4. The lowest BCUT2D eigenvalue weighted by Crippen LogP contribution is -2.52. The summed E-state index contributed by atoms with van der Waals surface area (Å²) >= 11 is 0. The molecule has 3 atom stereocenters. The molecule has 1 unspecified atom stereocenters. The molecule has 1 aliphatic rings. The van der Waals surface area contributed by atoms with E-state index >= 15 is 0 Å². The number of aliphatic carboxylic acids is 1. The second-order valence-corrected chi connectivity index (χ2v) is 6.01. The molecule has 0 aromatic rings. The van der Waals surface area contributed by atoms with Gasteiger partial charge in [0.05, 0.1) is 18.1 Å². The van der Waals surface area contributed by atoms with Gasteiger partial charge in [-0.05, 0) is 26.2 Å².